The first-order chi connectivity index (χ1) is 11.9. The normalized spacial score (nSPS) is 20.6. The molecule has 0 spiro atoms. The Labute approximate surface area is 149 Å². The highest BCUT2D eigenvalue weighted by molar-refractivity contribution is 7.86. The van der Waals surface area contributed by atoms with Crippen LogP contribution in [0.3, 0.4) is 0 Å². The van der Waals surface area contributed by atoms with E-state index in [2.05, 4.69) is 4.98 Å². The molecule has 0 atom stereocenters. The van der Waals surface area contributed by atoms with Crippen LogP contribution in [0.15, 0.2) is 12.1 Å². The summed E-state index contributed by atoms with van der Waals surface area (Å²) in [5, 5.41) is 0. The van der Waals surface area contributed by atoms with Crippen molar-refractivity contribution < 1.29 is 13.2 Å². The molecule has 0 aromatic carbocycles. The Morgan fingerprint density at radius 3 is 2.24 bits per heavy atom. The molecule has 2 fully saturated rings. The third-order valence-electron chi connectivity index (χ3n) is 4.92. The topological polar surface area (TPSA) is 73.8 Å². The number of pyridine rings is 1. The van der Waals surface area contributed by atoms with E-state index >= 15 is 0 Å². The molecule has 2 aliphatic rings. The van der Waals surface area contributed by atoms with Crippen LogP contribution >= 0.6 is 0 Å². The SMILES string of the molecule is Cc1ccc(C(=O)N2CCCN(S(=O)(=O)N3CCCC3)CC2)c(C)n1. The second-order valence-corrected chi connectivity index (χ2v) is 8.67. The maximum Gasteiger partial charge on any atom is 0.282 e. The van der Waals surface area contributed by atoms with Gasteiger partial charge in [-0.05, 0) is 45.2 Å². The van der Waals surface area contributed by atoms with Crippen molar-refractivity contribution >= 4 is 16.1 Å². The molecule has 0 N–H and O–H groups in total. The number of hydrogen-bond acceptors (Lipinski definition) is 4. The van der Waals surface area contributed by atoms with E-state index in [-0.39, 0.29) is 5.91 Å². The van der Waals surface area contributed by atoms with E-state index in [1.807, 2.05) is 26.0 Å². The van der Waals surface area contributed by atoms with Crippen molar-refractivity contribution in [3.8, 4) is 0 Å². The molecule has 0 aliphatic carbocycles. The minimum atomic E-state index is -3.40. The molecule has 8 heteroatoms. The largest absolute Gasteiger partial charge is 0.337 e. The zero-order chi connectivity index (χ0) is 18.0. The molecule has 0 saturated carbocycles. The summed E-state index contributed by atoms with van der Waals surface area (Å²) in [6, 6.07) is 3.64. The molecule has 0 unspecified atom stereocenters. The van der Waals surface area contributed by atoms with E-state index in [0.29, 0.717) is 51.3 Å². The Kier molecular flexibility index (Phi) is 5.41. The van der Waals surface area contributed by atoms with Gasteiger partial charge in [0, 0.05) is 45.0 Å². The van der Waals surface area contributed by atoms with Gasteiger partial charge in [0.05, 0.1) is 11.3 Å². The van der Waals surface area contributed by atoms with Gasteiger partial charge in [-0.2, -0.15) is 17.0 Å². The third kappa shape index (κ3) is 3.86. The molecule has 1 aromatic rings. The molecule has 1 amide bonds. The Morgan fingerprint density at radius 1 is 0.920 bits per heavy atom. The molecule has 2 saturated heterocycles. The Hall–Kier alpha value is -1.51. The summed E-state index contributed by atoms with van der Waals surface area (Å²) in [6.45, 7) is 6.75. The lowest BCUT2D eigenvalue weighted by Gasteiger charge is -2.26. The molecule has 3 heterocycles. The summed E-state index contributed by atoms with van der Waals surface area (Å²) < 4.78 is 28.5. The fourth-order valence-electron chi connectivity index (χ4n) is 3.49. The fourth-order valence-corrected chi connectivity index (χ4v) is 5.21. The number of hydrogen-bond donors (Lipinski definition) is 0. The Morgan fingerprint density at radius 2 is 1.56 bits per heavy atom. The van der Waals surface area contributed by atoms with Crippen LogP contribution in [-0.4, -0.2) is 72.1 Å². The highest BCUT2D eigenvalue weighted by Crippen LogP contribution is 2.19. The van der Waals surface area contributed by atoms with Crippen molar-refractivity contribution in [2.24, 2.45) is 0 Å². The van der Waals surface area contributed by atoms with Crippen LogP contribution in [0.25, 0.3) is 0 Å². The van der Waals surface area contributed by atoms with Crippen LogP contribution in [-0.2, 0) is 10.2 Å². The highest BCUT2D eigenvalue weighted by atomic mass is 32.2. The summed E-state index contributed by atoms with van der Waals surface area (Å²) in [5.41, 5.74) is 2.20. The summed E-state index contributed by atoms with van der Waals surface area (Å²) in [5.74, 6) is -0.0644. The Balaban J connectivity index is 1.70. The van der Waals surface area contributed by atoms with Crippen LogP contribution in [0.2, 0.25) is 0 Å². The lowest BCUT2D eigenvalue weighted by Crippen LogP contribution is -2.44. The molecule has 25 heavy (non-hydrogen) atoms. The predicted molar refractivity (Wildman–Crippen MR) is 95.5 cm³/mol. The third-order valence-corrected chi connectivity index (χ3v) is 6.95. The average Bonchev–Trinajstić information content (AvgIpc) is 2.99. The smallest absolute Gasteiger partial charge is 0.282 e. The standard InChI is InChI=1S/C17H26N4O3S/c1-14-6-7-16(15(2)18-14)17(22)19-8-5-11-21(13-12-19)25(23,24)20-9-3-4-10-20/h6-7H,3-5,8-13H2,1-2H3. The van der Waals surface area contributed by atoms with Crippen molar-refractivity contribution in [2.45, 2.75) is 33.1 Å². The van der Waals surface area contributed by atoms with E-state index in [1.165, 1.54) is 4.31 Å². The maximum atomic E-state index is 12.8. The summed E-state index contributed by atoms with van der Waals surface area (Å²) in [6.07, 6.45) is 2.51. The molecule has 2 aliphatic heterocycles. The van der Waals surface area contributed by atoms with Crippen LogP contribution in [0, 0.1) is 13.8 Å². The molecule has 0 radical (unpaired) electrons. The van der Waals surface area contributed by atoms with Gasteiger partial charge in [-0.1, -0.05) is 0 Å². The minimum Gasteiger partial charge on any atom is -0.337 e. The van der Waals surface area contributed by atoms with Gasteiger partial charge in [-0.25, -0.2) is 0 Å². The first-order valence-corrected chi connectivity index (χ1v) is 10.3. The van der Waals surface area contributed by atoms with E-state index < -0.39 is 10.2 Å². The minimum absolute atomic E-state index is 0.0644. The Bertz CT molecular complexity index is 744. The van der Waals surface area contributed by atoms with Gasteiger partial charge in [0.15, 0.2) is 0 Å². The van der Waals surface area contributed by atoms with Crippen LogP contribution in [0.5, 0.6) is 0 Å². The summed E-state index contributed by atoms with van der Waals surface area (Å²) in [7, 11) is -3.40. The van der Waals surface area contributed by atoms with Gasteiger partial charge in [-0.3, -0.25) is 9.78 Å². The van der Waals surface area contributed by atoms with Gasteiger partial charge < -0.3 is 4.90 Å². The van der Waals surface area contributed by atoms with Crippen molar-refractivity contribution in [3.05, 3.63) is 29.1 Å². The monoisotopic (exact) mass is 366 g/mol. The van der Waals surface area contributed by atoms with Crippen molar-refractivity contribution in [1.29, 1.82) is 0 Å². The van der Waals surface area contributed by atoms with Crippen LogP contribution < -0.4 is 0 Å². The fraction of sp³-hybridized carbons (Fsp3) is 0.647. The van der Waals surface area contributed by atoms with Gasteiger partial charge in [-0.15, -0.1) is 0 Å². The van der Waals surface area contributed by atoms with Crippen molar-refractivity contribution in [2.75, 3.05) is 39.3 Å². The molecule has 3 rings (SSSR count). The molecular formula is C17H26N4O3S. The van der Waals surface area contributed by atoms with E-state index in [4.69, 9.17) is 0 Å². The number of nitrogens with zero attached hydrogens (tertiary/aromatic N) is 4. The molecule has 138 valence electrons. The number of rotatable bonds is 3. The zero-order valence-corrected chi connectivity index (χ0v) is 15.8. The van der Waals surface area contributed by atoms with Gasteiger partial charge in [0.1, 0.15) is 0 Å². The lowest BCUT2D eigenvalue weighted by molar-refractivity contribution is 0.0763. The number of aryl methyl sites for hydroxylation is 2. The lowest BCUT2D eigenvalue weighted by atomic mass is 10.1. The number of carbonyl (C=O) groups excluding carboxylic acids is 1. The second kappa shape index (κ2) is 7.39. The number of carbonyl (C=O) groups is 1. The quantitative estimate of drug-likeness (QED) is 0.805. The van der Waals surface area contributed by atoms with E-state index in [1.54, 1.807) is 9.21 Å². The summed E-state index contributed by atoms with van der Waals surface area (Å²) >= 11 is 0. The number of aromatic nitrogens is 1. The van der Waals surface area contributed by atoms with E-state index in [0.717, 1.165) is 24.2 Å². The van der Waals surface area contributed by atoms with E-state index in [9.17, 15) is 13.2 Å². The first kappa shape index (κ1) is 18.3. The maximum absolute atomic E-state index is 12.8. The first-order valence-electron chi connectivity index (χ1n) is 8.88. The van der Waals surface area contributed by atoms with Crippen LogP contribution in [0.4, 0.5) is 0 Å². The highest BCUT2D eigenvalue weighted by Gasteiger charge is 2.33. The van der Waals surface area contributed by atoms with Crippen molar-refractivity contribution in [1.82, 2.24) is 18.5 Å². The predicted octanol–water partition coefficient (Wildman–Crippen LogP) is 1.19. The summed E-state index contributed by atoms with van der Waals surface area (Å²) in [4.78, 5) is 18.9. The van der Waals surface area contributed by atoms with Crippen LogP contribution in [0.1, 0.15) is 41.0 Å². The van der Waals surface area contributed by atoms with Crippen molar-refractivity contribution in [3.63, 3.8) is 0 Å². The van der Waals surface area contributed by atoms with Gasteiger partial charge >= 0.3 is 0 Å². The van der Waals surface area contributed by atoms with Gasteiger partial charge in [0.25, 0.3) is 16.1 Å². The van der Waals surface area contributed by atoms with Gasteiger partial charge in [0.2, 0.25) is 0 Å². The number of amides is 1. The molecular weight excluding hydrogens is 340 g/mol. The average molecular weight is 366 g/mol. The molecule has 7 nitrogen and oxygen atoms in total. The second-order valence-electron chi connectivity index (χ2n) is 6.74. The zero-order valence-electron chi connectivity index (χ0n) is 14.9. The molecule has 1 aromatic heterocycles. The molecule has 0 bridgehead atoms.